The second-order valence-corrected chi connectivity index (χ2v) is 5.23. The molecule has 0 saturated carbocycles. The molecule has 2 heterocycles. The highest BCUT2D eigenvalue weighted by molar-refractivity contribution is 7.12. The Morgan fingerprint density at radius 3 is 2.95 bits per heavy atom. The van der Waals surface area contributed by atoms with E-state index in [-0.39, 0.29) is 18.7 Å². The van der Waals surface area contributed by atoms with Gasteiger partial charge in [0.05, 0.1) is 10.9 Å². The van der Waals surface area contributed by atoms with E-state index in [1.165, 1.54) is 11.3 Å². The first-order valence-corrected chi connectivity index (χ1v) is 6.86. The molecule has 0 fully saturated rings. The van der Waals surface area contributed by atoms with Crippen molar-refractivity contribution in [2.75, 3.05) is 6.79 Å². The number of hydrogen-bond donors (Lipinski definition) is 1. The Labute approximate surface area is 115 Å². The predicted molar refractivity (Wildman–Crippen MR) is 72.8 cm³/mol. The molecule has 4 nitrogen and oxygen atoms in total. The van der Waals surface area contributed by atoms with Crippen molar-refractivity contribution >= 4 is 17.2 Å². The molecule has 1 aromatic carbocycles. The first-order valence-electron chi connectivity index (χ1n) is 5.98. The molecule has 1 aliphatic rings. The van der Waals surface area contributed by atoms with Crippen LogP contribution in [0.2, 0.25) is 0 Å². The fraction of sp³-hybridized carbons (Fsp3) is 0.214. The van der Waals surface area contributed by atoms with Gasteiger partial charge in [0, 0.05) is 0 Å². The van der Waals surface area contributed by atoms with Gasteiger partial charge in [-0.05, 0) is 36.1 Å². The maximum Gasteiger partial charge on any atom is 0.261 e. The van der Waals surface area contributed by atoms with Crippen molar-refractivity contribution in [3.63, 3.8) is 0 Å². The Hall–Kier alpha value is -2.01. The molecule has 5 heteroatoms. The van der Waals surface area contributed by atoms with E-state index in [4.69, 9.17) is 9.47 Å². The van der Waals surface area contributed by atoms with E-state index < -0.39 is 0 Å². The van der Waals surface area contributed by atoms with Crippen LogP contribution in [0.15, 0.2) is 35.7 Å². The van der Waals surface area contributed by atoms with Crippen LogP contribution in [-0.2, 0) is 0 Å². The monoisotopic (exact) mass is 275 g/mol. The van der Waals surface area contributed by atoms with E-state index in [1.54, 1.807) is 0 Å². The summed E-state index contributed by atoms with van der Waals surface area (Å²) in [6.45, 7) is 2.21. The lowest BCUT2D eigenvalue weighted by molar-refractivity contribution is 0.0944. The molecule has 0 radical (unpaired) electrons. The number of amides is 1. The fourth-order valence-corrected chi connectivity index (χ4v) is 2.57. The Morgan fingerprint density at radius 2 is 2.16 bits per heavy atom. The Kier molecular flexibility index (Phi) is 3.13. The standard InChI is InChI=1S/C14H13NO3S/c1-9(15-14(16)13-3-2-6-19-13)10-4-5-11-12(7-10)18-8-17-11/h2-7,9H,8H2,1H3,(H,15,16)/t9-/m0/s1. The highest BCUT2D eigenvalue weighted by atomic mass is 32.1. The molecule has 1 aliphatic heterocycles. The highest BCUT2D eigenvalue weighted by Crippen LogP contribution is 2.34. The molecule has 1 aromatic heterocycles. The van der Waals surface area contributed by atoms with Crippen LogP contribution in [0.1, 0.15) is 28.2 Å². The first-order chi connectivity index (χ1) is 9.24. The largest absolute Gasteiger partial charge is 0.454 e. The van der Waals surface area contributed by atoms with E-state index in [0.29, 0.717) is 4.88 Å². The molecule has 1 atom stereocenters. The summed E-state index contributed by atoms with van der Waals surface area (Å²) in [6, 6.07) is 9.31. The van der Waals surface area contributed by atoms with Crippen LogP contribution in [-0.4, -0.2) is 12.7 Å². The summed E-state index contributed by atoms with van der Waals surface area (Å²) in [5.41, 5.74) is 0.995. The topological polar surface area (TPSA) is 47.6 Å². The van der Waals surface area contributed by atoms with Crippen molar-refractivity contribution in [3.05, 3.63) is 46.2 Å². The Balaban J connectivity index is 1.73. The van der Waals surface area contributed by atoms with Crippen LogP contribution in [0.5, 0.6) is 11.5 Å². The van der Waals surface area contributed by atoms with E-state index in [0.717, 1.165) is 17.1 Å². The van der Waals surface area contributed by atoms with Crippen molar-refractivity contribution in [3.8, 4) is 11.5 Å². The van der Waals surface area contributed by atoms with Gasteiger partial charge in [-0.3, -0.25) is 4.79 Å². The second kappa shape index (κ2) is 4.93. The smallest absolute Gasteiger partial charge is 0.261 e. The molecular weight excluding hydrogens is 262 g/mol. The lowest BCUT2D eigenvalue weighted by Gasteiger charge is -2.14. The highest BCUT2D eigenvalue weighted by Gasteiger charge is 2.17. The van der Waals surface area contributed by atoms with Crippen molar-refractivity contribution < 1.29 is 14.3 Å². The van der Waals surface area contributed by atoms with Crippen LogP contribution in [0.4, 0.5) is 0 Å². The maximum absolute atomic E-state index is 12.0. The number of ether oxygens (including phenoxy) is 2. The number of fused-ring (bicyclic) bond motifs is 1. The lowest BCUT2D eigenvalue weighted by Crippen LogP contribution is -2.25. The zero-order valence-corrected chi connectivity index (χ0v) is 11.2. The molecule has 1 N–H and O–H groups in total. The summed E-state index contributed by atoms with van der Waals surface area (Å²) in [6.07, 6.45) is 0. The summed E-state index contributed by atoms with van der Waals surface area (Å²) in [4.78, 5) is 12.7. The van der Waals surface area contributed by atoms with Crippen LogP contribution in [0.3, 0.4) is 0 Å². The average Bonchev–Trinajstić information content (AvgIpc) is 3.09. The number of carbonyl (C=O) groups is 1. The van der Waals surface area contributed by atoms with E-state index in [2.05, 4.69) is 5.32 Å². The van der Waals surface area contributed by atoms with Gasteiger partial charge in [0.2, 0.25) is 6.79 Å². The van der Waals surface area contributed by atoms with Gasteiger partial charge in [-0.15, -0.1) is 11.3 Å². The Morgan fingerprint density at radius 1 is 1.32 bits per heavy atom. The van der Waals surface area contributed by atoms with Gasteiger partial charge in [0.15, 0.2) is 11.5 Å². The summed E-state index contributed by atoms with van der Waals surface area (Å²) in [7, 11) is 0. The molecule has 98 valence electrons. The van der Waals surface area contributed by atoms with Crippen LogP contribution < -0.4 is 14.8 Å². The van der Waals surface area contributed by atoms with Crippen molar-refractivity contribution in [1.29, 1.82) is 0 Å². The second-order valence-electron chi connectivity index (χ2n) is 4.29. The number of thiophene rings is 1. The van der Waals surface area contributed by atoms with Gasteiger partial charge in [-0.25, -0.2) is 0 Å². The SMILES string of the molecule is C[C@H](NC(=O)c1cccs1)c1ccc2c(c1)OCO2. The summed E-state index contributed by atoms with van der Waals surface area (Å²) in [5.74, 6) is 1.43. The van der Waals surface area contributed by atoms with Crippen molar-refractivity contribution in [2.24, 2.45) is 0 Å². The lowest BCUT2D eigenvalue weighted by atomic mass is 10.1. The zero-order chi connectivity index (χ0) is 13.2. The summed E-state index contributed by atoms with van der Waals surface area (Å²) >= 11 is 1.43. The zero-order valence-electron chi connectivity index (χ0n) is 10.4. The third kappa shape index (κ3) is 2.42. The first kappa shape index (κ1) is 12.0. The fourth-order valence-electron chi connectivity index (χ4n) is 1.94. The molecule has 0 spiro atoms. The minimum Gasteiger partial charge on any atom is -0.454 e. The third-order valence-electron chi connectivity index (χ3n) is 2.99. The van der Waals surface area contributed by atoms with Crippen molar-refractivity contribution in [1.82, 2.24) is 5.32 Å². The summed E-state index contributed by atoms with van der Waals surface area (Å²) in [5, 5.41) is 4.85. The molecule has 3 rings (SSSR count). The number of benzene rings is 1. The minimum absolute atomic E-state index is 0.0554. The van der Waals surface area contributed by atoms with E-state index in [1.807, 2.05) is 42.6 Å². The third-order valence-corrected chi connectivity index (χ3v) is 3.86. The molecule has 1 amide bonds. The van der Waals surface area contributed by atoms with Gasteiger partial charge < -0.3 is 14.8 Å². The van der Waals surface area contributed by atoms with Crippen molar-refractivity contribution in [2.45, 2.75) is 13.0 Å². The molecular formula is C14H13NO3S. The minimum atomic E-state index is -0.0795. The molecule has 0 unspecified atom stereocenters. The summed E-state index contributed by atoms with van der Waals surface area (Å²) < 4.78 is 10.6. The number of rotatable bonds is 3. The van der Waals surface area contributed by atoms with Gasteiger partial charge in [0.1, 0.15) is 0 Å². The molecule has 0 saturated heterocycles. The normalized spacial score (nSPS) is 14.2. The predicted octanol–water partition coefficient (Wildman–Crippen LogP) is 2.97. The maximum atomic E-state index is 12.0. The molecule has 19 heavy (non-hydrogen) atoms. The van der Waals surface area contributed by atoms with Gasteiger partial charge in [0.25, 0.3) is 5.91 Å². The number of carbonyl (C=O) groups excluding carboxylic acids is 1. The number of hydrogen-bond acceptors (Lipinski definition) is 4. The van der Waals surface area contributed by atoms with E-state index >= 15 is 0 Å². The van der Waals surface area contributed by atoms with Crippen LogP contribution >= 0.6 is 11.3 Å². The van der Waals surface area contributed by atoms with Crippen LogP contribution in [0, 0.1) is 0 Å². The molecule has 0 bridgehead atoms. The van der Waals surface area contributed by atoms with E-state index in [9.17, 15) is 4.79 Å². The van der Waals surface area contributed by atoms with Gasteiger partial charge in [-0.1, -0.05) is 12.1 Å². The van der Waals surface area contributed by atoms with Crippen LogP contribution in [0.25, 0.3) is 0 Å². The van der Waals surface area contributed by atoms with Gasteiger partial charge >= 0.3 is 0 Å². The Bertz CT molecular complexity index is 595. The molecule has 2 aromatic rings. The number of nitrogens with one attached hydrogen (secondary N) is 1. The average molecular weight is 275 g/mol. The molecule has 0 aliphatic carbocycles. The quantitative estimate of drug-likeness (QED) is 0.936. The van der Waals surface area contributed by atoms with Gasteiger partial charge in [-0.2, -0.15) is 0 Å².